The van der Waals surface area contributed by atoms with Gasteiger partial charge in [0.15, 0.2) is 0 Å². The zero-order valence-corrected chi connectivity index (χ0v) is 15.2. The van der Waals surface area contributed by atoms with E-state index in [1.807, 2.05) is 6.92 Å². The van der Waals surface area contributed by atoms with Crippen LogP contribution in [0.1, 0.15) is 25.5 Å². The molecule has 2 unspecified atom stereocenters. The lowest BCUT2D eigenvalue weighted by Gasteiger charge is -2.33. The zero-order chi connectivity index (χ0) is 19.4. The Labute approximate surface area is 157 Å². The molecule has 2 atom stereocenters. The lowest BCUT2D eigenvalue weighted by molar-refractivity contribution is -0.114. The van der Waals surface area contributed by atoms with Crippen molar-refractivity contribution in [2.24, 2.45) is 5.92 Å². The number of para-hydroxylation sites is 1. The average Bonchev–Trinajstić information content (AvgIpc) is 2.64. The third-order valence-corrected chi connectivity index (χ3v) is 4.36. The lowest BCUT2D eigenvalue weighted by atomic mass is 9.88. The van der Waals surface area contributed by atoms with Crippen molar-refractivity contribution in [3.05, 3.63) is 47.8 Å². The molecular formula is C20H21FN4O2. The Morgan fingerprint density at radius 3 is 2.81 bits per heavy atom. The number of hydrogen-bond donors (Lipinski definition) is 3. The molecule has 1 amide bonds. The topological polar surface area (TPSA) is 86.2 Å². The molecule has 1 aliphatic rings. The Bertz CT molecular complexity index is 894. The molecule has 0 spiro atoms. The van der Waals surface area contributed by atoms with Crippen LogP contribution in [-0.4, -0.2) is 19.1 Å². The second-order valence-electron chi connectivity index (χ2n) is 6.27. The van der Waals surface area contributed by atoms with Gasteiger partial charge in [0.05, 0.1) is 36.0 Å². The fourth-order valence-corrected chi connectivity index (χ4v) is 3.17. The molecule has 0 radical (unpaired) electrons. The Balaban J connectivity index is 2.05. The van der Waals surface area contributed by atoms with Gasteiger partial charge in [-0.1, -0.05) is 12.1 Å². The molecule has 140 valence electrons. The molecule has 2 aromatic rings. The van der Waals surface area contributed by atoms with Crippen LogP contribution in [0.4, 0.5) is 21.5 Å². The number of fused-ring (bicyclic) bond motifs is 1. The number of rotatable bonds is 5. The lowest BCUT2D eigenvalue weighted by Crippen LogP contribution is -2.32. The maximum absolute atomic E-state index is 14.1. The van der Waals surface area contributed by atoms with E-state index < -0.39 is 12.0 Å². The van der Waals surface area contributed by atoms with Crippen LogP contribution in [0.3, 0.4) is 0 Å². The van der Waals surface area contributed by atoms with Gasteiger partial charge in [-0.25, -0.2) is 4.39 Å². The van der Waals surface area contributed by atoms with Crippen molar-refractivity contribution in [2.45, 2.75) is 19.9 Å². The predicted molar refractivity (Wildman–Crippen MR) is 102 cm³/mol. The summed E-state index contributed by atoms with van der Waals surface area (Å²) in [6, 6.07) is 11.8. The number of carbonyl (C=O) groups is 1. The maximum Gasteiger partial charge on any atom is 0.221 e. The van der Waals surface area contributed by atoms with Gasteiger partial charge in [0.25, 0.3) is 0 Å². The minimum atomic E-state index is -0.439. The van der Waals surface area contributed by atoms with Gasteiger partial charge in [-0.05, 0) is 25.1 Å². The molecule has 0 saturated heterocycles. The summed E-state index contributed by atoms with van der Waals surface area (Å²) in [5.41, 5.74) is 2.39. The first-order valence-electron chi connectivity index (χ1n) is 8.76. The zero-order valence-electron chi connectivity index (χ0n) is 15.2. The molecule has 3 rings (SSSR count). The van der Waals surface area contributed by atoms with Crippen molar-refractivity contribution in [1.29, 1.82) is 5.26 Å². The SMILES string of the molecule is CCOc1cc2c(cc1NC(C)=O)C(Nc1ccccc1F)C(C#N)CN2. The summed E-state index contributed by atoms with van der Waals surface area (Å²) in [6.07, 6.45) is 0. The minimum Gasteiger partial charge on any atom is -0.492 e. The number of nitrogens with zero attached hydrogens (tertiary/aromatic N) is 1. The molecule has 1 heterocycles. The molecule has 2 aromatic carbocycles. The second kappa shape index (κ2) is 7.96. The van der Waals surface area contributed by atoms with Gasteiger partial charge in [-0.2, -0.15) is 5.26 Å². The number of benzene rings is 2. The van der Waals surface area contributed by atoms with Crippen LogP contribution in [0.2, 0.25) is 0 Å². The summed E-state index contributed by atoms with van der Waals surface area (Å²) >= 11 is 0. The van der Waals surface area contributed by atoms with Crippen molar-refractivity contribution >= 4 is 23.0 Å². The minimum absolute atomic E-state index is 0.227. The Morgan fingerprint density at radius 2 is 2.15 bits per heavy atom. The van der Waals surface area contributed by atoms with Crippen molar-refractivity contribution in [2.75, 3.05) is 29.1 Å². The van der Waals surface area contributed by atoms with Crippen molar-refractivity contribution in [3.63, 3.8) is 0 Å². The van der Waals surface area contributed by atoms with Gasteiger partial charge in [0.2, 0.25) is 5.91 Å². The summed E-state index contributed by atoms with van der Waals surface area (Å²) in [4.78, 5) is 11.6. The van der Waals surface area contributed by atoms with Crippen molar-refractivity contribution in [3.8, 4) is 11.8 Å². The fourth-order valence-electron chi connectivity index (χ4n) is 3.17. The highest BCUT2D eigenvalue weighted by Gasteiger charge is 2.31. The fraction of sp³-hybridized carbons (Fsp3) is 0.300. The van der Waals surface area contributed by atoms with Crippen LogP contribution in [-0.2, 0) is 4.79 Å². The van der Waals surface area contributed by atoms with E-state index in [0.29, 0.717) is 30.3 Å². The van der Waals surface area contributed by atoms with E-state index in [4.69, 9.17) is 4.74 Å². The highest BCUT2D eigenvalue weighted by atomic mass is 19.1. The summed E-state index contributed by atoms with van der Waals surface area (Å²) in [6.45, 7) is 4.14. The molecular weight excluding hydrogens is 347 g/mol. The molecule has 6 nitrogen and oxygen atoms in total. The highest BCUT2D eigenvalue weighted by Crippen LogP contribution is 2.41. The van der Waals surface area contributed by atoms with Gasteiger partial charge in [-0.15, -0.1) is 0 Å². The molecule has 1 aliphatic heterocycles. The predicted octanol–water partition coefficient (Wildman–Crippen LogP) is 3.90. The number of nitrogens with one attached hydrogen (secondary N) is 3. The first-order chi connectivity index (χ1) is 13.0. The largest absolute Gasteiger partial charge is 0.492 e. The molecule has 0 saturated carbocycles. The third-order valence-electron chi connectivity index (χ3n) is 4.36. The first kappa shape index (κ1) is 18.5. The van der Waals surface area contributed by atoms with Crippen LogP contribution in [0.5, 0.6) is 5.75 Å². The van der Waals surface area contributed by atoms with E-state index in [1.54, 1.807) is 30.3 Å². The number of hydrogen-bond acceptors (Lipinski definition) is 5. The van der Waals surface area contributed by atoms with Crippen LogP contribution in [0, 0.1) is 23.1 Å². The second-order valence-corrected chi connectivity index (χ2v) is 6.27. The number of amides is 1. The average molecular weight is 368 g/mol. The smallest absolute Gasteiger partial charge is 0.221 e. The molecule has 3 N–H and O–H groups in total. The van der Waals surface area contributed by atoms with E-state index in [1.165, 1.54) is 13.0 Å². The number of carbonyl (C=O) groups excluding carboxylic acids is 1. The molecule has 0 bridgehead atoms. The van der Waals surface area contributed by atoms with E-state index in [2.05, 4.69) is 22.0 Å². The number of ether oxygens (including phenoxy) is 1. The van der Waals surface area contributed by atoms with Gasteiger partial charge in [0.1, 0.15) is 11.6 Å². The molecule has 27 heavy (non-hydrogen) atoms. The first-order valence-corrected chi connectivity index (χ1v) is 8.76. The van der Waals surface area contributed by atoms with Crippen molar-refractivity contribution < 1.29 is 13.9 Å². The van der Waals surface area contributed by atoms with Gasteiger partial charge in [-0.3, -0.25) is 4.79 Å². The summed E-state index contributed by atoms with van der Waals surface area (Å²) < 4.78 is 19.8. The Kier molecular flexibility index (Phi) is 5.46. The van der Waals surface area contributed by atoms with Gasteiger partial charge < -0.3 is 20.7 Å². The summed E-state index contributed by atoms with van der Waals surface area (Å²) in [5, 5.41) is 18.7. The quantitative estimate of drug-likeness (QED) is 0.745. The van der Waals surface area contributed by atoms with Crippen molar-refractivity contribution in [1.82, 2.24) is 0 Å². The Morgan fingerprint density at radius 1 is 1.37 bits per heavy atom. The molecule has 0 aliphatic carbocycles. The van der Waals surface area contributed by atoms with E-state index in [-0.39, 0.29) is 11.7 Å². The van der Waals surface area contributed by atoms with Gasteiger partial charge in [0, 0.05) is 30.8 Å². The molecule has 0 aromatic heterocycles. The molecule has 0 fully saturated rings. The standard InChI is InChI=1S/C20H21FN4O2/c1-3-27-19-9-17-14(8-18(19)24-12(2)26)20(13(10-22)11-23-17)25-16-7-5-4-6-15(16)21/h4-9,13,20,23,25H,3,11H2,1-2H3,(H,24,26). The number of nitriles is 1. The van der Waals surface area contributed by atoms with Gasteiger partial charge >= 0.3 is 0 Å². The van der Waals surface area contributed by atoms with E-state index in [9.17, 15) is 14.4 Å². The summed E-state index contributed by atoms with van der Waals surface area (Å²) in [5.74, 6) is -0.489. The van der Waals surface area contributed by atoms with Crippen LogP contribution >= 0.6 is 0 Å². The highest BCUT2D eigenvalue weighted by molar-refractivity contribution is 5.91. The Hall–Kier alpha value is -3.27. The normalized spacial score (nSPS) is 17.9. The van der Waals surface area contributed by atoms with E-state index in [0.717, 1.165) is 11.3 Å². The van der Waals surface area contributed by atoms with E-state index >= 15 is 0 Å². The van der Waals surface area contributed by atoms with Crippen LogP contribution in [0.25, 0.3) is 0 Å². The molecule has 7 heteroatoms. The number of halogens is 1. The number of anilines is 3. The summed E-state index contributed by atoms with van der Waals surface area (Å²) in [7, 11) is 0. The maximum atomic E-state index is 14.1. The van der Waals surface area contributed by atoms with Crippen LogP contribution in [0.15, 0.2) is 36.4 Å². The monoisotopic (exact) mass is 368 g/mol. The third kappa shape index (κ3) is 3.95. The van der Waals surface area contributed by atoms with Crippen LogP contribution < -0.4 is 20.7 Å².